The van der Waals surface area contributed by atoms with E-state index in [-0.39, 0.29) is 0 Å². The second-order valence-electron chi connectivity index (χ2n) is 5.11. The van der Waals surface area contributed by atoms with Crippen LogP contribution in [-0.4, -0.2) is 24.5 Å². The van der Waals surface area contributed by atoms with Crippen molar-refractivity contribution in [2.75, 3.05) is 25.4 Å². The van der Waals surface area contributed by atoms with Gasteiger partial charge in [-0.3, -0.25) is 0 Å². The zero-order chi connectivity index (χ0) is 14.5. The van der Waals surface area contributed by atoms with Crippen molar-refractivity contribution in [3.63, 3.8) is 0 Å². The molecule has 20 heavy (non-hydrogen) atoms. The highest BCUT2D eigenvalue weighted by atomic mass is 35.5. The summed E-state index contributed by atoms with van der Waals surface area (Å²) in [5, 5.41) is 2.91. The van der Waals surface area contributed by atoms with Gasteiger partial charge in [0.1, 0.15) is 0 Å². The van der Waals surface area contributed by atoms with E-state index in [9.17, 15) is 0 Å². The van der Waals surface area contributed by atoms with Crippen molar-refractivity contribution in [3.05, 3.63) is 40.9 Å². The van der Waals surface area contributed by atoms with Crippen LogP contribution in [-0.2, 0) is 6.42 Å². The Bertz CT molecular complexity index is 576. The fourth-order valence-corrected chi connectivity index (χ4v) is 2.94. The van der Waals surface area contributed by atoms with Crippen molar-refractivity contribution >= 4 is 28.1 Å². The van der Waals surface area contributed by atoms with Gasteiger partial charge in [0.25, 0.3) is 0 Å². The highest BCUT2D eigenvalue weighted by molar-refractivity contribution is 6.36. The van der Waals surface area contributed by atoms with E-state index in [1.807, 2.05) is 30.3 Å². The molecule has 0 aromatic heterocycles. The summed E-state index contributed by atoms with van der Waals surface area (Å²) in [5.41, 5.74) is 8.34. The lowest BCUT2D eigenvalue weighted by Crippen LogP contribution is -2.24. The lowest BCUT2D eigenvalue weighted by atomic mass is 10.0. The fraction of sp³-hybridized carbons (Fsp3) is 0.412. The van der Waals surface area contributed by atoms with Crippen LogP contribution in [0.4, 0.5) is 5.69 Å². The molecule has 0 spiro atoms. The summed E-state index contributed by atoms with van der Waals surface area (Å²) >= 11 is 6.36. The molecule has 0 radical (unpaired) electrons. The van der Waals surface area contributed by atoms with Crippen LogP contribution in [0.25, 0.3) is 10.8 Å². The highest BCUT2D eigenvalue weighted by Crippen LogP contribution is 2.32. The zero-order valence-corrected chi connectivity index (χ0v) is 13.1. The molecule has 0 unspecified atom stereocenters. The maximum atomic E-state index is 6.36. The van der Waals surface area contributed by atoms with Crippen LogP contribution < -0.4 is 5.73 Å². The topological polar surface area (TPSA) is 29.3 Å². The molecular weight excluding hydrogens is 268 g/mol. The molecule has 2 nitrogen and oxygen atoms in total. The summed E-state index contributed by atoms with van der Waals surface area (Å²) in [7, 11) is 0. The van der Waals surface area contributed by atoms with E-state index in [0.717, 1.165) is 54.0 Å². The number of aryl methyl sites for hydroxylation is 1. The minimum absolute atomic E-state index is 0.799. The van der Waals surface area contributed by atoms with Gasteiger partial charge < -0.3 is 10.6 Å². The maximum absolute atomic E-state index is 6.36. The van der Waals surface area contributed by atoms with Gasteiger partial charge in [-0.25, -0.2) is 0 Å². The van der Waals surface area contributed by atoms with Gasteiger partial charge in [-0.1, -0.05) is 49.7 Å². The first-order valence-electron chi connectivity index (χ1n) is 7.35. The van der Waals surface area contributed by atoms with Crippen LogP contribution in [0.3, 0.4) is 0 Å². The van der Waals surface area contributed by atoms with E-state index < -0.39 is 0 Å². The third-order valence-electron chi connectivity index (χ3n) is 3.94. The summed E-state index contributed by atoms with van der Waals surface area (Å²) in [5.74, 6) is 0. The average Bonchev–Trinajstić information content (AvgIpc) is 2.48. The van der Waals surface area contributed by atoms with Gasteiger partial charge in [-0.05, 0) is 44.1 Å². The Balaban J connectivity index is 2.16. The smallest absolute Gasteiger partial charge is 0.0488 e. The van der Waals surface area contributed by atoms with Crippen LogP contribution in [0.15, 0.2) is 30.3 Å². The molecule has 0 aliphatic heterocycles. The monoisotopic (exact) mass is 290 g/mol. The van der Waals surface area contributed by atoms with E-state index >= 15 is 0 Å². The standard InChI is InChI=1S/C17H23ClN2/c1-3-20(4-2)11-7-8-13-12-16(18)14-9-5-6-10-15(14)17(13)19/h5-6,9-10,12H,3-4,7-8,11,19H2,1-2H3. The maximum Gasteiger partial charge on any atom is 0.0488 e. The van der Waals surface area contributed by atoms with Crippen LogP contribution in [0.5, 0.6) is 0 Å². The van der Waals surface area contributed by atoms with Crippen molar-refractivity contribution in [2.24, 2.45) is 0 Å². The fourth-order valence-electron chi connectivity index (χ4n) is 2.65. The first-order valence-corrected chi connectivity index (χ1v) is 7.73. The molecule has 2 aromatic rings. The molecule has 2 N–H and O–H groups in total. The van der Waals surface area contributed by atoms with E-state index in [2.05, 4.69) is 18.7 Å². The van der Waals surface area contributed by atoms with Crippen LogP contribution in [0.2, 0.25) is 5.02 Å². The third kappa shape index (κ3) is 3.25. The molecule has 0 bridgehead atoms. The Hall–Kier alpha value is -1.25. The number of halogens is 1. The van der Waals surface area contributed by atoms with Crippen molar-refractivity contribution in [1.82, 2.24) is 4.90 Å². The average molecular weight is 291 g/mol. The van der Waals surface area contributed by atoms with E-state index in [4.69, 9.17) is 17.3 Å². The number of nitrogens with zero attached hydrogens (tertiary/aromatic N) is 1. The first kappa shape index (κ1) is 15.1. The normalized spacial score (nSPS) is 11.4. The third-order valence-corrected chi connectivity index (χ3v) is 4.25. The lowest BCUT2D eigenvalue weighted by molar-refractivity contribution is 0.300. The van der Waals surface area contributed by atoms with Gasteiger partial charge in [0.2, 0.25) is 0 Å². The van der Waals surface area contributed by atoms with Gasteiger partial charge in [0, 0.05) is 21.5 Å². The summed E-state index contributed by atoms with van der Waals surface area (Å²) in [4.78, 5) is 2.43. The molecular formula is C17H23ClN2. The van der Waals surface area contributed by atoms with E-state index in [0.29, 0.717) is 0 Å². The first-order chi connectivity index (χ1) is 9.67. The number of benzene rings is 2. The Morgan fingerprint density at radius 1 is 1.10 bits per heavy atom. The molecule has 0 saturated heterocycles. The molecule has 0 atom stereocenters. The van der Waals surface area contributed by atoms with Gasteiger partial charge in [0.15, 0.2) is 0 Å². The largest absolute Gasteiger partial charge is 0.398 e. The molecule has 2 rings (SSSR count). The predicted molar refractivity (Wildman–Crippen MR) is 89.5 cm³/mol. The molecule has 0 saturated carbocycles. The number of fused-ring (bicyclic) bond motifs is 1. The van der Waals surface area contributed by atoms with Crippen molar-refractivity contribution in [1.29, 1.82) is 0 Å². The Labute approximate surface area is 126 Å². The van der Waals surface area contributed by atoms with Crippen LogP contribution in [0.1, 0.15) is 25.8 Å². The summed E-state index contributed by atoms with van der Waals surface area (Å²) in [6.07, 6.45) is 2.09. The molecule has 0 fully saturated rings. The number of nitrogen functional groups attached to an aromatic ring is 1. The number of anilines is 1. The Morgan fingerprint density at radius 3 is 2.40 bits per heavy atom. The van der Waals surface area contributed by atoms with E-state index in [1.54, 1.807) is 0 Å². The molecule has 0 heterocycles. The van der Waals surface area contributed by atoms with Gasteiger partial charge >= 0.3 is 0 Å². The van der Waals surface area contributed by atoms with Crippen molar-refractivity contribution in [2.45, 2.75) is 26.7 Å². The SMILES string of the molecule is CCN(CC)CCCc1cc(Cl)c2ccccc2c1N. The molecule has 108 valence electrons. The van der Waals surface area contributed by atoms with Gasteiger partial charge in [-0.2, -0.15) is 0 Å². The molecule has 0 aliphatic carbocycles. The Morgan fingerprint density at radius 2 is 1.75 bits per heavy atom. The number of nitrogens with two attached hydrogens (primary N) is 1. The molecule has 0 amide bonds. The second kappa shape index (κ2) is 6.96. The van der Waals surface area contributed by atoms with Crippen LogP contribution in [0, 0.1) is 0 Å². The molecule has 3 heteroatoms. The van der Waals surface area contributed by atoms with Crippen molar-refractivity contribution in [3.8, 4) is 0 Å². The highest BCUT2D eigenvalue weighted by Gasteiger charge is 2.08. The molecule has 2 aromatic carbocycles. The minimum atomic E-state index is 0.799. The lowest BCUT2D eigenvalue weighted by Gasteiger charge is -2.18. The number of hydrogen-bond acceptors (Lipinski definition) is 2. The minimum Gasteiger partial charge on any atom is -0.398 e. The quantitative estimate of drug-likeness (QED) is 0.802. The second-order valence-corrected chi connectivity index (χ2v) is 5.51. The predicted octanol–water partition coefficient (Wildman–Crippen LogP) is 4.35. The van der Waals surface area contributed by atoms with Gasteiger partial charge in [0.05, 0.1) is 0 Å². The van der Waals surface area contributed by atoms with Gasteiger partial charge in [-0.15, -0.1) is 0 Å². The van der Waals surface area contributed by atoms with E-state index in [1.165, 1.54) is 5.56 Å². The summed E-state index contributed by atoms with van der Waals surface area (Å²) in [6.45, 7) is 7.71. The number of rotatable bonds is 6. The van der Waals surface area contributed by atoms with Crippen molar-refractivity contribution < 1.29 is 0 Å². The Kier molecular flexibility index (Phi) is 5.27. The summed E-state index contributed by atoms with van der Waals surface area (Å²) < 4.78 is 0. The number of hydrogen-bond donors (Lipinski definition) is 1. The van der Waals surface area contributed by atoms with Crippen LogP contribution >= 0.6 is 11.6 Å². The zero-order valence-electron chi connectivity index (χ0n) is 12.3. The molecule has 0 aliphatic rings. The summed E-state index contributed by atoms with van der Waals surface area (Å²) in [6, 6.07) is 10.1.